The summed E-state index contributed by atoms with van der Waals surface area (Å²) in [5.74, 6) is -2.09. The molecular formula is C16H15F2NO2. The van der Waals surface area contributed by atoms with Crippen molar-refractivity contribution < 1.29 is 18.3 Å². The number of para-hydroxylation sites is 1. The van der Waals surface area contributed by atoms with E-state index >= 15 is 0 Å². The molecule has 0 aliphatic heterocycles. The first-order valence-corrected chi connectivity index (χ1v) is 6.55. The number of carbonyl (C=O) groups excluding carboxylic acids is 1. The molecule has 0 spiro atoms. The molecule has 0 unspecified atom stereocenters. The Morgan fingerprint density at radius 1 is 1.19 bits per heavy atom. The lowest BCUT2D eigenvalue weighted by atomic mass is 10.1. The van der Waals surface area contributed by atoms with Crippen molar-refractivity contribution in [1.29, 1.82) is 0 Å². The van der Waals surface area contributed by atoms with Crippen LogP contribution in [-0.2, 0) is 11.2 Å². The number of rotatable bonds is 5. The summed E-state index contributed by atoms with van der Waals surface area (Å²) in [6, 6.07) is 10.3. The van der Waals surface area contributed by atoms with E-state index in [0.29, 0.717) is 11.8 Å². The number of hydrogen-bond acceptors (Lipinski definition) is 2. The maximum atomic E-state index is 13.3. The largest absolute Gasteiger partial charge is 0.481 e. The fourth-order valence-corrected chi connectivity index (χ4v) is 1.87. The van der Waals surface area contributed by atoms with Crippen molar-refractivity contribution in [2.24, 2.45) is 0 Å². The van der Waals surface area contributed by atoms with Gasteiger partial charge in [-0.2, -0.15) is 0 Å². The van der Waals surface area contributed by atoms with Crippen molar-refractivity contribution in [2.45, 2.75) is 13.3 Å². The minimum atomic E-state index is -0.836. The summed E-state index contributed by atoms with van der Waals surface area (Å²) in [6.45, 7) is 1.63. The SMILES string of the molecule is CCc1ccccc1NC(=O)COc1ccc(F)cc1F. The predicted octanol–water partition coefficient (Wildman–Crippen LogP) is 3.54. The monoisotopic (exact) mass is 291 g/mol. The smallest absolute Gasteiger partial charge is 0.262 e. The number of halogens is 2. The maximum absolute atomic E-state index is 13.3. The molecule has 0 aliphatic rings. The molecule has 0 radical (unpaired) electrons. The molecule has 0 aliphatic carbocycles. The van der Waals surface area contributed by atoms with Crippen molar-refractivity contribution in [2.75, 3.05) is 11.9 Å². The van der Waals surface area contributed by atoms with Crippen molar-refractivity contribution in [3.63, 3.8) is 0 Å². The Morgan fingerprint density at radius 2 is 1.95 bits per heavy atom. The summed E-state index contributed by atoms with van der Waals surface area (Å²) >= 11 is 0. The molecule has 21 heavy (non-hydrogen) atoms. The van der Waals surface area contributed by atoms with Crippen LogP contribution in [0.4, 0.5) is 14.5 Å². The van der Waals surface area contributed by atoms with E-state index in [4.69, 9.17) is 4.74 Å². The number of anilines is 1. The molecule has 0 atom stereocenters. The highest BCUT2D eigenvalue weighted by molar-refractivity contribution is 5.92. The second-order valence-electron chi connectivity index (χ2n) is 4.42. The van der Waals surface area contributed by atoms with Gasteiger partial charge in [0.25, 0.3) is 5.91 Å². The zero-order valence-corrected chi connectivity index (χ0v) is 11.5. The fraction of sp³-hybridized carbons (Fsp3) is 0.188. The molecule has 2 aromatic carbocycles. The van der Waals surface area contributed by atoms with Gasteiger partial charge in [0.1, 0.15) is 5.82 Å². The van der Waals surface area contributed by atoms with E-state index in [-0.39, 0.29) is 12.4 Å². The van der Waals surface area contributed by atoms with Gasteiger partial charge >= 0.3 is 0 Å². The van der Waals surface area contributed by atoms with Crippen LogP contribution in [0.25, 0.3) is 0 Å². The van der Waals surface area contributed by atoms with Gasteiger partial charge in [0, 0.05) is 11.8 Å². The molecule has 0 bridgehead atoms. The third kappa shape index (κ3) is 4.02. The molecule has 0 saturated heterocycles. The van der Waals surface area contributed by atoms with Crippen LogP contribution in [0.2, 0.25) is 0 Å². The highest BCUT2D eigenvalue weighted by Gasteiger charge is 2.09. The first-order valence-electron chi connectivity index (χ1n) is 6.55. The van der Waals surface area contributed by atoms with Gasteiger partial charge < -0.3 is 10.1 Å². The van der Waals surface area contributed by atoms with Crippen LogP contribution in [0.3, 0.4) is 0 Å². The van der Waals surface area contributed by atoms with E-state index in [0.717, 1.165) is 24.1 Å². The van der Waals surface area contributed by atoms with Gasteiger partial charge in [-0.05, 0) is 30.2 Å². The quantitative estimate of drug-likeness (QED) is 0.915. The van der Waals surface area contributed by atoms with Crippen LogP contribution in [0.5, 0.6) is 5.75 Å². The van der Waals surface area contributed by atoms with E-state index in [2.05, 4.69) is 5.32 Å². The molecule has 1 amide bonds. The normalized spacial score (nSPS) is 10.2. The first-order chi connectivity index (χ1) is 10.1. The van der Waals surface area contributed by atoms with Gasteiger partial charge in [-0.15, -0.1) is 0 Å². The van der Waals surface area contributed by atoms with Crippen LogP contribution in [0.15, 0.2) is 42.5 Å². The number of nitrogens with one attached hydrogen (secondary N) is 1. The van der Waals surface area contributed by atoms with Gasteiger partial charge in [0.2, 0.25) is 0 Å². The average molecular weight is 291 g/mol. The van der Waals surface area contributed by atoms with Crippen LogP contribution in [0.1, 0.15) is 12.5 Å². The fourth-order valence-electron chi connectivity index (χ4n) is 1.87. The lowest BCUT2D eigenvalue weighted by molar-refractivity contribution is -0.118. The first kappa shape index (κ1) is 15.0. The van der Waals surface area contributed by atoms with Gasteiger partial charge in [-0.3, -0.25) is 4.79 Å². The van der Waals surface area contributed by atoms with E-state index in [9.17, 15) is 13.6 Å². The van der Waals surface area contributed by atoms with Gasteiger partial charge in [0.15, 0.2) is 18.2 Å². The van der Waals surface area contributed by atoms with E-state index in [1.807, 2.05) is 25.1 Å². The number of aryl methyl sites for hydroxylation is 1. The molecule has 110 valence electrons. The molecule has 0 aromatic heterocycles. The molecule has 1 N–H and O–H groups in total. The van der Waals surface area contributed by atoms with Gasteiger partial charge in [-0.25, -0.2) is 8.78 Å². The third-order valence-electron chi connectivity index (χ3n) is 2.93. The van der Waals surface area contributed by atoms with Crippen molar-refractivity contribution in [1.82, 2.24) is 0 Å². The zero-order valence-electron chi connectivity index (χ0n) is 11.5. The summed E-state index contributed by atoms with van der Waals surface area (Å²) in [6.07, 6.45) is 0.782. The lowest BCUT2D eigenvalue weighted by Crippen LogP contribution is -2.21. The summed E-state index contributed by atoms with van der Waals surface area (Å²) in [7, 11) is 0. The van der Waals surface area contributed by atoms with Crippen LogP contribution in [-0.4, -0.2) is 12.5 Å². The minimum absolute atomic E-state index is 0.157. The number of amides is 1. The van der Waals surface area contributed by atoms with Crippen molar-refractivity contribution in [3.8, 4) is 5.75 Å². The summed E-state index contributed by atoms with van der Waals surface area (Å²) < 4.78 is 31.1. The Morgan fingerprint density at radius 3 is 2.67 bits per heavy atom. The minimum Gasteiger partial charge on any atom is -0.481 e. The van der Waals surface area contributed by atoms with Gasteiger partial charge in [-0.1, -0.05) is 25.1 Å². The molecule has 0 fully saturated rings. The standard InChI is InChI=1S/C16H15F2NO2/c1-2-11-5-3-4-6-14(11)19-16(20)10-21-15-8-7-12(17)9-13(15)18/h3-9H,2,10H2,1H3,(H,19,20). The Labute approximate surface area is 121 Å². The Hall–Kier alpha value is -2.43. The summed E-state index contributed by atoms with van der Waals surface area (Å²) in [4.78, 5) is 11.8. The molecule has 3 nitrogen and oxygen atoms in total. The molecular weight excluding hydrogens is 276 g/mol. The zero-order chi connectivity index (χ0) is 15.2. The highest BCUT2D eigenvalue weighted by atomic mass is 19.1. The highest BCUT2D eigenvalue weighted by Crippen LogP contribution is 2.18. The molecule has 5 heteroatoms. The summed E-state index contributed by atoms with van der Waals surface area (Å²) in [5.41, 5.74) is 1.70. The van der Waals surface area contributed by atoms with Crippen LogP contribution in [0, 0.1) is 11.6 Å². The Balaban J connectivity index is 1.96. The maximum Gasteiger partial charge on any atom is 0.262 e. The molecule has 2 rings (SSSR count). The van der Waals surface area contributed by atoms with E-state index in [1.165, 1.54) is 0 Å². The molecule has 0 saturated carbocycles. The topological polar surface area (TPSA) is 38.3 Å². The summed E-state index contributed by atoms with van der Waals surface area (Å²) in [5, 5.41) is 2.70. The van der Waals surface area contributed by atoms with Crippen LogP contribution >= 0.6 is 0 Å². The number of benzene rings is 2. The Bertz CT molecular complexity index is 644. The van der Waals surface area contributed by atoms with Crippen LogP contribution < -0.4 is 10.1 Å². The van der Waals surface area contributed by atoms with E-state index in [1.54, 1.807) is 6.07 Å². The second kappa shape index (κ2) is 6.83. The average Bonchev–Trinajstić information content (AvgIpc) is 2.47. The number of hydrogen-bond donors (Lipinski definition) is 1. The van der Waals surface area contributed by atoms with Crippen molar-refractivity contribution in [3.05, 3.63) is 59.7 Å². The predicted molar refractivity (Wildman–Crippen MR) is 76.3 cm³/mol. The molecule has 0 heterocycles. The van der Waals surface area contributed by atoms with Gasteiger partial charge in [0.05, 0.1) is 0 Å². The second-order valence-corrected chi connectivity index (χ2v) is 4.42. The molecule has 2 aromatic rings. The number of carbonyl (C=O) groups is 1. The number of ether oxygens (including phenoxy) is 1. The lowest BCUT2D eigenvalue weighted by Gasteiger charge is -2.11. The van der Waals surface area contributed by atoms with Crippen molar-refractivity contribution >= 4 is 11.6 Å². The Kier molecular flexibility index (Phi) is 4.87. The van der Waals surface area contributed by atoms with E-state index < -0.39 is 17.5 Å². The third-order valence-corrected chi connectivity index (χ3v) is 2.93.